The van der Waals surface area contributed by atoms with Crippen molar-refractivity contribution < 1.29 is 4.74 Å². The molecule has 2 atom stereocenters. The normalized spacial score (nSPS) is 14.9. The van der Waals surface area contributed by atoms with Crippen molar-refractivity contribution in [2.24, 2.45) is 11.8 Å². The zero-order valence-electron chi connectivity index (χ0n) is 14.0. The first-order valence-corrected chi connectivity index (χ1v) is 7.73. The minimum Gasteiger partial charge on any atom is -0.497 e. The van der Waals surface area contributed by atoms with Gasteiger partial charge in [0.05, 0.1) is 7.11 Å². The van der Waals surface area contributed by atoms with Gasteiger partial charge in [0.1, 0.15) is 5.75 Å². The van der Waals surface area contributed by atoms with E-state index in [9.17, 15) is 0 Å². The minimum atomic E-state index is 0.181. The van der Waals surface area contributed by atoms with E-state index in [2.05, 4.69) is 58.1 Å². The standard InChI is InChI=1S/C18H31NO/c1-7-14(2)16(13-19-18(3,4)5)11-15-9-8-10-17(12-15)20-6/h8-10,12,14,16,19H,7,11,13H2,1-6H3. The summed E-state index contributed by atoms with van der Waals surface area (Å²) in [5.74, 6) is 2.33. The molecule has 1 rings (SSSR count). The highest BCUT2D eigenvalue weighted by Crippen LogP contribution is 2.22. The molecule has 0 aliphatic rings. The van der Waals surface area contributed by atoms with E-state index in [1.807, 2.05) is 6.07 Å². The second-order valence-corrected chi connectivity index (χ2v) is 6.83. The average Bonchev–Trinajstić information content (AvgIpc) is 2.41. The topological polar surface area (TPSA) is 21.3 Å². The van der Waals surface area contributed by atoms with Crippen LogP contribution >= 0.6 is 0 Å². The van der Waals surface area contributed by atoms with Crippen LogP contribution in [0.25, 0.3) is 0 Å². The summed E-state index contributed by atoms with van der Waals surface area (Å²) < 4.78 is 5.32. The molecular weight excluding hydrogens is 246 g/mol. The molecule has 0 aliphatic heterocycles. The Balaban J connectivity index is 2.73. The van der Waals surface area contributed by atoms with Gasteiger partial charge < -0.3 is 10.1 Å². The summed E-state index contributed by atoms with van der Waals surface area (Å²) >= 11 is 0. The van der Waals surface area contributed by atoms with Crippen molar-refractivity contribution in [2.75, 3.05) is 13.7 Å². The molecule has 0 saturated carbocycles. The smallest absolute Gasteiger partial charge is 0.119 e. The van der Waals surface area contributed by atoms with E-state index in [0.29, 0.717) is 5.92 Å². The molecule has 114 valence electrons. The van der Waals surface area contributed by atoms with Gasteiger partial charge in [-0.05, 0) is 63.3 Å². The van der Waals surface area contributed by atoms with Crippen molar-refractivity contribution in [3.05, 3.63) is 29.8 Å². The molecule has 0 aliphatic carbocycles. The summed E-state index contributed by atoms with van der Waals surface area (Å²) in [5, 5.41) is 3.65. The fourth-order valence-corrected chi connectivity index (χ4v) is 2.35. The molecule has 0 spiro atoms. The zero-order valence-corrected chi connectivity index (χ0v) is 14.0. The van der Waals surface area contributed by atoms with Crippen LogP contribution in [0.1, 0.15) is 46.6 Å². The molecule has 2 nitrogen and oxygen atoms in total. The number of hydrogen-bond acceptors (Lipinski definition) is 2. The number of hydrogen-bond donors (Lipinski definition) is 1. The highest BCUT2D eigenvalue weighted by atomic mass is 16.5. The van der Waals surface area contributed by atoms with Gasteiger partial charge in [-0.2, -0.15) is 0 Å². The van der Waals surface area contributed by atoms with Crippen LogP contribution in [-0.2, 0) is 6.42 Å². The summed E-state index contributed by atoms with van der Waals surface area (Å²) in [6.07, 6.45) is 2.33. The molecule has 0 amide bonds. The fourth-order valence-electron chi connectivity index (χ4n) is 2.35. The van der Waals surface area contributed by atoms with Crippen LogP contribution in [0.3, 0.4) is 0 Å². The van der Waals surface area contributed by atoms with Gasteiger partial charge in [0.2, 0.25) is 0 Å². The lowest BCUT2D eigenvalue weighted by Gasteiger charge is -2.29. The molecule has 0 fully saturated rings. The van der Waals surface area contributed by atoms with E-state index in [1.165, 1.54) is 12.0 Å². The van der Waals surface area contributed by atoms with E-state index in [4.69, 9.17) is 4.74 Å². The van der Waals surface area contributed by atoms with E-state index in [0.717, 1.165) is 24.6 Å². The molecule has 0 saturated heterocycles. The van der Waals surface area contributed by atoms with Crippen LogP contribution in [0.15, 0.2) is 24.3 Å². The third-order valence-corrected chi connectivity index (χ3v) is 3.98. The molecular formula is C18H31NO. The predicted octanol–water partition coefficient (Wildman–Crippen LogP) is 4.29. The highest BCUT2D eigenvalue weighted by Gasteiger charge is 2.19. The number of rotatable bonds is 7. The molecule has 20 heavy (non-hydrogen) atoms. The van der Waals surface area contributed by atoms with Crippen molar-refractivity contribution in [3.63, 3.8) is 0 Å². The summed E-state index contributed by atoms with van der Waals surface area (Å²) in [4.78, 5) is 0. The van der Waals surface area contributed by atoms with Gasteiger partial charge in [0.15, 0.2) is 0 Å². The number of benzene rings is 1. The van der Waals surface area contributed by atoms with E-state index >= 15 is 0 Å². The van der Waals surface area contributed by atoms with Gasteiger partial charge in [0, 0.05) is 5.54 Å². The monoisotopic (exact) mass is 277 g/mol. The second kappa shape index (κ2) is 7.68. The average molecular weight is 277 g/mol. The largest absolute Gasteiger partial charge is 0.497 e. The molecule has 2 unspecified atom stereocenters. The second-order valence-electron chi connectivity index (χ2n) is 6.83. The molecule has 0 radical (unpaired) electrons. The molecule has 0 aromatic heterocycles. The zero-order chi connectivity index (χ0) is 15.2. The lowest BCUT2D eigenvalue weighted by Crippen LogP contribution is -2.41. The summed E-state index contributed by atoms with van der Waals surface area (Å²) in [6.45, 7) is 12.4. The Labute approximate surface area is 124 Å². The maximum Gasteiger partial charge on any atom is 0.119 e. The SMILES string of the molecule is CCC(C)C(CNC(C)(C)C)Cc1cccc(OC)c1. The Hall–Kier alpha value is -1.02. The third kappa shape index (κ3) is 5.96. The van der Waals surface area contributed by atoms with Crippen LogP contribution in [0.4, 0.5) is 0 Å². The molecule has 0 bridgehead atoms. The van der Waals surface area contributed by atoms with Crippen LogP contribution in [-0.4, -0.2) is 19.2 Å². The van der Waals surface area contributed by atoms with E-state index in [-0.39, 0.29) is 5.54 Å². The lowest BCUT2D eigenvalue weighted by atomic mass is 9.85. The van der Waals surface area contributed by atoms with Gasteiger partial charge in [-0.15, -0.1) is 0 Å². The maximum absolute atomic E-state index is 5.32. The Kier molecular flexibility index (Phi) is 6.54. The lowest BCUT2D eigenvalue weighted by molar-refractivity contribution is 0.292. The minimum absolute atomic E-state index is 0.181. The first-order chi connectivity index (χ1) is 9.35. The molecule has 0 heterocycles. The third-order valence-electron chi connectivity index (χ3n) is 3.98. The van der Waals surface area contributed by atoms with Crippen molar-refractivity contribution in [1.29, 1.82) is 0 Å². The van der Waals surface area contributed by atoms with Gasteiger partial charge >= 0.3 is 0 Å². The van der Waals surface area contributed by atoms with Gasteiger partial charge in [-0.1, -0.05) is 32.4 Å². The maximum atomic E-state index is 5.32. The molecule has 1 aromatic rings. The summed E-state index contributed by atoms with van der Waals surface area (Å²) in [7, 11) is 1.73. The van der Waals surface area contributed by atoms with E-state index in [1.54, 1.807) is 7.11 Å². The molecule has 2 heteroatoms. The Morgan fingerprint density at radius 1 is 1.25 bits per heavy atom. The van der Waals surface area contributed by atoms with Gasteiger partial charge in [-0.25, -0.2) is 0 Å². The first kappa shape index (κ1) is 17.0. The Morgan fingerprint density at radius 2 is 1.95 bits per heavy atom. The van der Waals surface area contributed by atoms with Crippen molar-refractivity contribution in [1.82, 2.24) is 5.32 Å². The van der Waals surface area contributed by atoms with Gasteiger partial charge in [-0.3, -0.25) is 0 Å². The van der Waals surface area contributed by atoms with Crippen LogP contribution in [0.5, 0.6) is 5.75 Å². The Bertz CT molecular complexity index is 395. The summed E-state index contributed by atoms with van der Waals surface area (Å²) in [5.41, 5.74) is 1.55. The summed E-state index contributed by atoms with van der Waals surface area (Å²) in [6, 6.07) is 8.45. The predicted molar refractivity (Wildman–Crippen MR) is 87.4 cm³/mol. The number of ether oxygens (including phenoxy) is 1. The van der Waals surface area contributed by atoms with Crippen molar-refractivity contribution in [3.8, 4) is 5.75 Å². The van der Waals surface area contributed by atoms with E-state index < -0.39 is 0 Å². The highest BCUT2D eigenvalue weighted by molar-refractivity contribution is 5.28. The first-order valence-electron chi connectivity index (χ1n) is 7.73. The Morgan fingerprint density at radius 3 is 2.50 bits per heavy atom. The van der Waals surface area contributed by atoms with Gasteiger partial charge in [0.25, 0.3) is 0 Å². The molecule has 1 aromatic carbocycles. The quantitative estimate of drug-likeness (QED) is 0.803. The number of methoxy groups -OCH3 is 1. The van der Waals surface area contributed by atoms with Crippen molar-refractivity contribution in [2.45, 2.75) is 53.0 Å². The van der Waals surface area contributed by atoms with Crippen LogP contribution < -0.4 is 10.1 Å². The van der Waals surface area contributed by atoms with Crippen LogP contribution in [0, 0.1) is 11.8 Å². The molecule has 1 N–H and O–H groups in total. The fraction of sp³-hybridized carbons (Fsp3) is 0.667. The number of nitrogens with one attached hydrogen (secondary N) is 1. The van der Waals surface area contributed by atoms with Crippen molar-refractivity contribution >= 4 is 0 Å². The van der Waals surface area contributed by atoms with Crippen LogP contribution in [0.2, 0.25) is 0 Å².